The maximum absolute atomic E-state index is 14.1. The molecule has 0 radical (unpaired) electrons. The standard InChI is InChI=1S/C30H23BrFN3O6S2/c1-40-20-12-3-15(13-21(20)41-2)23-24-25(28(38)35(27(24)37)19-10-4-16(31)5-11-19)42-29-26(23)43-30(39)34(29)14-22(36)33-18-8-6-17(32)7-9-18/h3-13,23-25H,14H2,1-2H3,(H,33,36). The van der Waals surface area contributed by atoms with Crippen molar-refractivity contribution in [1.29, 1.82) is 0 Å². The van der Waals surface area contributed by atoms with Gasteiger partial charge in [-0.2, -0.15) is 0 Å². The van der Waals surface area contributed by atoms with E-state index in [1.165, 1.54) is 48.0 Å². The minimum Gasteiger partial charge on any atom is -0.493 e. The number of carbonyl (C=O) groups excluding carboxylic acids is 3. The molecule has 2 aliphatic heterocycles. The number of anilines is 2. The van der Waals surface area contributed by atoms with E-state index < -0.39 is 39.6 Å². The van der Waals surface area contributed by atoms with Crippen LogP contribution in [0.1, 0.15) is 16.4 Å². The molecule has 43 heavy (non-hydrogen) atoms. The Labute approximate surface area is 261 Å². The Morgan fingerprint density at radius 3 is 2.33 bits per heavy atom. The van der Waals surface area contributed by atoms with Crippen molar-refractivity contribution in [1.82, 2.24) is 4.57 Å². The predicted octanol–water partition coefficient (Wildman–Crippen LogP) is 5.26. The largest absolute Gasteiger partial charge is 0.493 e. The van der Waals surface area contributed by atoms with Crippen LogP contribution in [0.5, 0.6) is 11.5 Å². The summed E-state index contributed by atoms with van der Waals surface area (Å²) in [5, 5.41) is 2.28. The highest BCUT2D eigenvalue weighted by atomic mass is 79.9. The van der Waals surface area contributed by atoms with Crippen LogP contribution in [0.3, 0.4) is 0 Å². The monoisotopic (exact) mass is 683 g/mol. The summed E-state index contributed by atoms with van der Waals surface area (Å²) in [5.74, 6) is -2.28. The van der Waals surface area contributed by atoms with E-state index in [-0.39, 0.29) is 12.5 Å². The Bertz CT molecular complexity index is 1810. The van der Waals surface area contributed by atoms with Gasteiger partial charge in [0, 0.05) is 21.0 Å². The summed E-state index contributed by atoms with van der Waals surface area (Å²) in [5.41, 5.74) is 1.48. The average molecular weight is 685 g/mol. The van der Waals surface area contributed by atoms with Gasteiger partial charge in [0.15, 0.2) is 11.5 Å². The fourth-order valence-electron chi connectivity index (χ4n) is 5.38. The number of hydrogen-bond donors (Lipinski definition) is 1. The van der Waals surface area contributed by atoms with E-state index in [1.54, 1.807) is 42.5 Å². The van der Waals surface area contributed by atoms with Crippen molar-refractivity contribution in [2.45, 2.75) is 22.7 Å². The number of ether oxygens (including phenoxy) is 2. The van der Waals surface area contributed by atoms with Crippen LogP contribution in [0.25, 0.3) is 0 Å². The molecule has 6 rings (SSSR count). The molecule has 0 aliphatic carbocycles. The van der Waals surface area contributed by atoms with Gasteiger partial charge in [0.25, 0.3) is 0 Å². The second-order valence-corrected chi connectivity index (χ2v) is 12.9. The zero-order valence-electron chi connectivity index (χ0n) is 22.7. The van der Waals surface area contributed by atoms with Crippen molar-refractivity contribution in [2.24, 2.45) is 5.92 Å². The van der Waals surface area contributed by atoms with Crippen LogP contribution in [0.4, 0.5) is 15.8 Å². The first-order valence-corrected chi connectivity index (χ1v) is 15.5. The second kappa shape index (κ2) is 11.6. The Morgan fingerprint density at radius 1 is 0.953 bits per heavy atom. The average Bonchev–Trinajstić information content (AvgIpc) is 3.44. The number of halogens is 2. The van der Waals surface area contributed by atoms with Crippen LogP contribution >= 0.6 is 39.0 Å². The maximum Gasteiger partial charge on any atom is 0.308 e. The second-order valence-electron chi connectivity index (χ2n) is 9.82. The molecular weight excluding hydrogens is 661 g/mol. The third-order valence-electron chi connectivity index (χ3n) is 7.33. The van der Waals surface area contributed by atoms with Crippen LogP contribution < -0.4 is 24.6 Å². The number of benzene rings is 3. The first-order chi connectivity index (χ1) is 20.7. The minimum atomic E-state index is -0.845. The molecule has 3 atom stereocenters. The molecule has 3 aromatic carbocycles. The minimum absolute atomic E-state index is 0.330. The van der Waals surface area contributed by atoms with Crippen molar-refractivity contribution in [3.05, 3.63) is 97.1 Å². The Balaban J connectivity index is 1.43. The quantitative estimate of drug-likeness (QED) is 0.265. The lowest BCUT2D eigenvalue weighted by Crippen LogP contribution is -2.33. The summed E-state index contributed by atoms with van der Waals surface area (Å²) in [6, 6.07) is 17.4. The number of thiazole rings is 1. The number of nitrogens with zero attached hydrogens (tertiary/aromatic N) is 2. The van der Waals surface area contributed by atoms with Gasteiger partial charge in [0.1, 0.15) is 17.6 Å². The number of imide groups is 1. The number of fused-ring (bicyclic) bond motifs is 2. The Hall–Kier alpha value is -3.94. The number of methoxy groups -OCH3 is 2. The van der Waals surface area contributed by atoms with Gasteiger partial charge in [0.2, 0.25) is 17.7 Å². The summed E-state index contributed by atoms with van der Waals surface area (Å²) >= 11 is 5.45. The van der Waals surface area contributed by atoms with Crippen LogP contribution in [0, 0.1) is 11.7 Å². The van der Waals surface area contributed by atoms with Gasteiger partial charge in [-0.3, -0.25) is 23.7 Å². The van der Waals surface area contributed by atoms with Crippen molar-refractivity contribution in [3.63, 3.8) is 0 Å². The molecule has 2 aliphatic rings. The maximum atomic E-state index is 14.1. The molecule has 0 bridgehead atoms. The first-order valence-electron chi connectivity index (χ1n) is 13.0. The lowest BCUT2D eigenvalue weighted by molar-refractivity contribution is -0.122. The SMILES string of the molecule is COc1ccc(C2c3sc(=O)n(CC(=O)Nc4ccc(F)cc4)c3SC3C(=O)N(c4ccc(Br)cc4)C(=O)C32)cc1OC. The van der Waals surface area contributed by atoms with E-state index in [0.29, 0.717) is 38.3 Å². The van der Waals surface area contributed by atoms with Crippen LogP contribution in [-0.4, -0.2) is 41.8 Å². The zero-order valence-corrected chi connectivity index (χ0v) is 25.9. The fourth-order valence-corrected chi connectivity index (χ4v) is 8.42. The summed E-state index contributed by atoms with van der Waals surface area (Å²) in [6.07, 6.45) is 0. The van der Waals surface area contributed by atoms with E-state index in [9.17, 15) is 23.6 Å². The van der Waals surface area contributed by atoms with Crippen molar-refractivity contribution in [3.8, 4) is 11.5 Å². The van der Waals surface area contributed by atoms with E-state index >= 15 is 0 Å². The zero-order chi connectivity index (χ0) is 30.4. The molecule has 9 nitrogen and oxygen atoms in total. The van der Waals surface area contributed by atoms with Gasteiger partial charge in [-0.15, -0.1) is 0 Å². The first kappa shape index (κ1) is 29.1. The van der Waals surface area contributed by atoms with Crippen molar-refractivity contribution < 1.29 is 28.2 Å². The third kappa shape index (κ3) is 5.25. The Kier molecular flexibility index (Phi) is 7.88. The van der Waals surface area contributed by atoms with E-state index in [4.69, 9.17) is 9.47 Å². The summed E-state index contributed by atoms with van der Waals surface area (Å²) in [7, 11) is 3.02. The molecule has 1 aromatic heterocycles. The lowest BCUT2D eigenvalue weighted by atomic mass is 9.83. The number of thioether (sulfide) groups is 1. The number of amides is 3. The number of aromatic nitrogens is 1. The lowest BCUT2D eigenvalue weighted by Gasteiger charge is -2.31. The summed E-state index contributed by atoms with van der Waals surface area (Å²) in [4.78, 5) is 55.7. The fraction of sp³-hybridized carbons (Fsp3) is 0.200. The van der Waals surface area contributed by atoms with Crippen molar-refractivity contribution >= 4 is 68.1 Å². The van der Waals surface area contributed by atoms with Gasteiger partial charge in [-0.1, -0.05) is 45.1 Å². The van der Waals surface area contributed by atoms with E-state index in [1.807, 2.05) is 0 Å². The number of hydrogen-bond acceptors (Lipinski definition) is 8. The normalized spacial score (nSPS) is 19.2. The van der Waals surface area contributed by atoms with E-state index in [0.717, 1.165) is 27.6 Å². The molecule has 0 spiro atoms. The topological polar surface area (TPSA) is 107 Å². The predicted molar refractivity (Wildman–Crippen MR) is 165 cm³/mol. The van der Waals surface area contributed by atoms with Gasteiger partial charge in [0.05, 0.1) is 30.9 Å². The van der Waals surface area contributed by atoms with Gasteiger partial charge in [-0.25, -0.2) is 9.29 Å². The molecule has 1 fully saturated rings. The molecule has 0 saturated carbocycles. The highest BCUT2D eigenvalue weighted by molar-refractivity contribution is 9.10. The van der Waals surface area contributed by atoms with Crippen LogP contribution in [-0.2, 0) is 20.9 Å². The summed E-state index contributed by atoms with van der Waals surface area (Å²) in [6.45, 7) is -0.330. The molecule has 13 heteroatoms. The van der Waals surface area contributed by atoms with Gasteiger partial charge in [-0.05, 0) is 66.2 Å². The van der Waals surface area contributed by atoms with Crippen LogP contribution in [0.2, 0.25) is 0 Å². The van der Waals surface area contributed by atoms with Crippen molar-refractivity contribution in [2.75, 3.05) is 24.4 Å². The molecular formula is C30H23BrFN3O6S2. The molecule has 220 valence electrons. The number of rotatable bonds is 7. The van der Waals surface area contributed by atoms with Gasteiger partial charge >= 0.3 is 4.87 Å². The smallest absolute Gasteiger partial charge is 0.308 e. The number of nitrogens with one attached hydrogen (secondary N) is 1. The number of carbonyl (C=O) groups is 3. The third-order valence-corrected chi connectivity index (χ3v) is 10.5. The Morgan fingerprint density at radius 2 is 1.65 bits per heavy atom. The molecule has 1 N–H and O–H groups in total. The van der Waals surface area contributed by atoms with E-state index in [2.05, 4.69) is 21.2 Å². The molecule has 1 saturated heterocycles. The molecule has 3 heterocycles. The summed E-state index contributed by atoms with van der Waals surface area (Å²) < 4.78 is 26.4. The highest BCUT2D eigenvalue weighted by Gasteiger charge is 2.57. The molecule has 3 unspecified atom stereocenters. The molecule has 3 amide bonds. The van der Waals surface area contributed by atoms with Crippen LogP contribution in [0.15, 0.2) is 81.0 Å². The van der Waals surface area contributed by atoms with Gasteiger partial charge < -0.3 is 14.8 Å². The highest BCUT2D eigenvalue weighted by Crippen LogP contribution is 2.54. The molecule has 4 aromatic rings.